The van der Waals surface area contributed by atoms with Crippen molar-refractivity contribution in [1.29, 1.82) is 0 Å². The van der Waals surface area contributed by atoms with Crippen LogP contribution in [0.2, 0.25) is 0 Å². The second-order valence-corrected chi connectivity index (χ2v) is 8.84. The maximum atomic E-state index is 12.4. The van der Waals surface area contributed by atoms with Crippen molar-refractivity contribution in [3.8, 4) is 0 Å². The van der Waals surface area contributed by atoms with Gasteiger partial charge in [-0.2, -0.15) is 0 Å². The molecule has 2 amide bonds. The lowest BCUT2D eigenvalue weighted by Crippen LogP contribution is -2.63. The number of carboxylic acids is 1. The van der Waals surface area contributed by atoms with Crippen molar-refractivity contribution in [1.82, 2.24) is 15.1 Å². The maximum Gasteiger partial charge on any atom is 0.353 e. The molecule has 1 unspecified atom stereocenters. The van der Waals surface area contributed by atoms with Crippen LogP contribution < -0.4 is 5.32 Å². The number of nitrogens with zero attached hydrogens (tertiary/aromatic N) is 2. The van der Waals surface area contributed by atoms with Crippen molar-refractivity contribution in [3.63, 3.8) is 0 Å². The molecule has 10 heteroatoms. The molecular formula is C17H25N3O6S. The summed E-state index contributed by atoms with van der Waals surface area (Å²) in [6.45, 7) is 3.36. The highest BCUT2D eigenvalue weighted by Crippen LogP contribution is 2.52. The quantitative estimate of drug-likeness (QED) is 0.434. The Morgan fingerprint density at radius 1 is 1.37 bits per heavy atom. The molecule has 3 heterocycles. The summed E-state index contributed by atoms with van der Waals surface area (Å²) < 4.78 is 0. The van der Waals surface area contributed by atoms with Gasteiger partial charge in [-0.05, 0) is 13.3 Å². The predicted molar refractivity (Wildman–Crippen MR) is 97.3 cm³/mol. The Labute approximate surface area is 161 Å². The van der Waals surface area contributed by atoms with Crippen molar-refractivity contribution in [3.05, 3.63) is 10.6 Å². The first-order chi connectivity index (χ1) is 12.6. The molecular weight excluding hydrogens is 374 g/mol. The molecule has 0 bridgehead atoms. The van der Waals surface area contributed by atoms with Gasteiger partial charge >= 0.3 is 5.97 Å². The molecule has 150 valence electrons. The van der Waals surface area contributed by atoms with Crippen LogP contribution in [0.15, 0.2) is 10.6 Å². The lowest BCUT2D eigenvalue weighted by Gasteiger charge is -2.46. The third-order valence-corrected chi connectivity index (χ3v) is 7.09. The number of amides is 2. The molecule has 2 fully saturated rings. The number of thioether (sulfide) groups is 1. The summed E-state index contributed by atoms with van der Waals surface area (Å²) in [5.74, 6) is -2.64. The second kappa shape index (κ2) is 7.08. The number of likely N-dealkylation sites (N-methyl/N-ethyl adjacent to an activating group) is 1. The molecule has 3 aliphatic heterocycles. The number of aliphatic carboxylic acids is 1. The van der Waals surface area contributed by atoms with E-state index in [1.54, 1.807) is 14.1 Å². The fourth-order valence-corrected chi connectivity index (χ4v) is 5.65. The molecule has 3 aliphatic rings. The van der Waals surface area contributed by atoms with Gasteiger partial charge in [0.1, 0.15) is 11.9 Å². The molecule has 4 N–H and O–H groups in total. The Bertz CT molecular complexity index is 709. The summed E-state index contributed by atoms with van der Waals surface area (Å²) in [6, 6.07) is -0.932. The Kier molecular flexibility index (Phi) is 5.28. The Hall–Kier alpha value is -1.62. The molecule has 27 heavy (non-hydrogen) atoms. The van der Waals surface area contributed by atoms with Crippen molar-refractivity contribution in [2.24, 2.45) is 11.8 Å². The van der Waals surface area contributed by atoms with E-state index >= 15 is 0 Å². The van der Waals surface area contributed by atoms with E-state index in [0.29, 0.717) is 11.3 Å². The second-order valence-electron chi connectivity index (χ2n) is 7.56. The van der Waals surface area contributed by atoms with E-state index in [1.807, 2.05) is 6.92 Å². The van der Waals surface area contributed by atoms with E-state index in [1.165, 1.54) is 28.5 Å². The number of rotatable bonds is 5. The van der Waals surface area contributed by atoms with Gasteiger partial charge in [0.2, 0.25) is 11.8 Å². The number of carbonyl (C=O) groups excluding carboxylic acids is 2. The topological polar surface area (TPSA) is 130 Å². The van der Waals surface area contributed by atoms with Gasteiger partial charge in [-0.15, -0.1) is 11.8 Å². The number of fused-ring (bicyclic) bond motifs is 1. The summed E-state index contributed by atoms with van der Waals surface area (Å²) in [7, 11) is 3.27. The number of nitrogens with one attached hydrogen (secondary N) is 1. The van der Waals surface area contributed by atoms with E-state index in [-0.39, 0.29) is 23.4 Å². The zero-order chi connectivity index (χ0) is 20.2. The summed E-state index contributed by atoms with van der Waals surface area (Å²) >= 11 is 1.20. The third-order valence-electron chi connectivity index (χ3n) is 5.52. The number of carboxylic acid groups (broad SMARTS) is 1. The van der Waals surface area contributed by atoms with Gasteiger partial charge < -0.3 is 25.1 Å². The number of hydrogen-bond acceptors (Lipinski definition) is 7. The van der Waals surface area contributed by atoms with Gasteiger partial charge in [0.15, 0.2) is 0 Å². The van der Waals surface area contributed by atoms with Crippen molar-refractivity contribution < 1.29 is 29.7 Å². The summed E-state index contributed by atoms with van der Waals surface area (Å²) in [6.07, 6.45) is -1.47. The molecule has 2 saturated heterocycles. The van der Waals surface area contributed by atoms with Crippen LogP contribution in [0.5, 0.6) is 0 Å². The van der Waals surface area contributed by atoms with E-state index in [9.17, 15) is 29.7 Å². The lowest BCUT2D eigenvalue weighted by atomic mass is 9.79. The molecule has 0 aromatic heterocycles. The zero-order valence-electron chi connectivity index (χ0n) is 15.6. The van der Waals surface area contributed by atoms with Crippen LogP contribution in [0, 0.1) is 11.8 Å². The number of β-lactam (4-membered cyclic amide) rings is 1. The van der Waals surface area contributed by atoms with Crippen LogP contribution >= 0.6 is 11.8 Å². The van der Waals surface area contributed by atoms with Crippen LogP contribution in [0.25, 0.3) is 0 Å². The van der Waals surface area contributed by atoms with E-state index in [0.717, 1.165) is 0 Å². The van der Waals surface area contributed by atoms with Crippen molar-refractivity contribution in [2.75, 3.05) is 14.1 Å². The van der Waals surface area contributed by atoms with Crippen LogP contribution in [-0.4, -0.2) is 86.7 Å². The average Bonchev–Trinajstić information content (AvgIpc) is 3.04. The largest absolute Gasteiger partial charge is 0.477 e. The minimum Gasteiger partial charge on any atom is -0.477 e. The van der Waals surface area contributed by atoms with Gasteiger partial charge in [-0.1, -0.05) is 6.92 Å². The molecule has 0 aromatic rings. The highest BCUT2D eigenvalue weighted by Gasteiger charge is 2.60. The lowest BCUT2D eigenvalue weighted by molar-refractivity contribution is -0.163. The zero-order valence-corrected chi connectivity index (χ0v) is 16.4. The van der Waals surface area contributed by atoms with Crippen LogP contribution in [0.4, 0.5) is 0 Å². The highest BCUT2D eigenvalue weighted by molar-refractivity contribution is 8.03. The SMILES string of the molecule is C[C@@H](O)[C@H]1C(=O)N2C(C(=O)O)=C(S[C@H]3C[C@@H](C(=O)N(C)C)NC3O)[C@H](C)[C@H]12. The number of aliphatic hydroxyl groups is 2. The minimum atomic E-state index is -1.20. The monoisotopic (exact) mass is 399 g/mol. The molecule has 0 aromatic carbocycles. The van der Waals surface area contributed by atoms with Crippen molar-refractivity contribution >= 4 is 29.5 Å². The minimum absolute atomic E-state index is 0.0750. The van der Waals surface area contributed by atoms with Gasteiger partial charge in [0.25, 0.3) is 0 Å². The molecule has 7 atom stereocenters. The molecule has 0 spiro atoms. The van der Waals surface area contributed by atoms with Crippen LogP contribution in [0.1, 0.15) is 20.3 Å². The van der Waals surface area contributed by atoms with E-state index in [4.69, 9.17) is 0 Å². The van der Waals surface area contributed by atoms with Crippen LogP contribution in [-0.2, 0) is 14.4 Å². The van der Waals surface area contributed by atoms with Gasteiger partial charge in [0.05, 0.1) is 29.4 Å². The third kappa shape index (κ3) is 3.14. The number of aliphatic hydroxyl groups excluding tert-OH is 2. The van der Waals surface area contributed by atoms with E-state index in [2.05, 4.69) is 5.32 Å². The first-order valence-electron chi connectivity index (χ1n) is 8.86. The first kappa shape index (κ1) is 20.1. The maximum absolute atomic E-state index is 12.4. The highest BCUT2D eigenvalue weighted by atomic mass is 32.2. The van der Waals surface area contributed by atoms with Crippen LogP contribution in [0.3, 0.4) is 0 Å². The molecule has 9 nitrogen and oxygen atoms in total. The van der Waals surface area contributed by atoms with Gasteiger partial charge in [-0.25, -0.2) is 4.79 Å². The fraction of sp³-hybridized carbons (Fsp3) is 0.706. The first-order valence-corrected chi connectivity index (χ1v) is 9.74. The Morgan fingerprint density at radius 2 is 2.00 bits per heavy atom. The van der Waals surface area contributed by atoms with Crippen molar-refractivity contribution in [2.45, 2.75) is 49.9 Å². The van der Waals surface area contributed by atoms with Gasteiger partial charge in [-0.3, -0.25) is 14.9 Å². The smallest absolute Gasteiger partial charge is 0.353 e. The number of hydrogen-bond donors (Lipinski definition) is 4. The Morgan fingerprint density at radius 3 is 2.52 bits per heavy atom. The summed E-state index contributed by atoms with van der Waals surface area (Å²) in [5.41, 5.74) is -0.0750. The molecule has 0 aliphatic carbocycles. The normalized spacial score (nSPS) is 36.5. The summed E-state index contributed by atoms with van der Waals surface area (Å²) in [5, 5.41) is 32.3. The molecule has 0 saturated carbocycles. The Balaban J connectivity index is 1.83. The number of carbonyl (C=O) groups is 3. The van der Waals surface area contributed by atoms with E-state index < -0.39 is 41.6 Å². The van der Waals surface area contributed by atoms with Gasteiger partial charge in [0, 0.05) is 24.9 Å². The average molecular weight is 399 g/mol. The summed E-state index contributed by atoms with van der Waals surface area (Å²) in [4.78, 5) is 39.5. The standard InChI is InChI=1S/C17H25N3O6S/c1-6-11-10(7(2)21)16(24)20(11)12(17(25)26)13(6)27-9-5-8(18-14(9)22)15(23)19(3)4/h6-11,14,18,21-22H,5H2,1-4H3,(H,25,26)/t6-,7-,8+,9+,10-,11-,14?/m1/s1. The molecule has 3 rings (SSSR count). The molecule has 0 radical (unpaired) electrons. The fourth-order valence-electron chi connectivity index (χ4n) is 4.18. The predicted octanol–water partition coefficient (Wildman–Crippen LogP) is -0.990.